The fourth-order valence-electron chi connectivity index (χ4n) is 4.38. The van der Waals surface area contributed by atoms with Crippen molar-refractivity contribution in [1.29, 1.82) is 0 Å². The van der Waals surface area contributed by atoms with Gasteiger partial charge in [-0.2, -0.15) is 0 Å². The molecule has 0 amide bonds. The molecule has 4 saturated carbocycles. The highest BCUT2D eigenvalue weighted by Gasteiger charge is 2.60. The van der Waals surface area contributed by atoms with E-state index in [2.05, 4.69) is 0 Å². The summed E-state index contributed by atoms with van der Waals surface area (Å²) in [5.74, 6) is 1.81. The topological polar surface area (TPSA) is 29.5 Å². The molecular formula is C12H20O2. The SMILES string of the molecule is COC12CC3C[C@H](C1)C(C)(O)[C@@H](C3)C2. The molecule has 0 spiro atoms. The van der Waals surface area contributed by atoms with Crippen molar-refractivity contribution in [2.75, 3.05) is 7.11 Å². The lowest BCUT2D eigenvalue weighted by Crippen LogP contribution is -2.62. The molecule has 14 heavy (non-hydrogen) atoms. The molecule has 5 atom stereocenters. The van der Waals surface area contributed by atoms with Crippen LogP contribution < -0.4 is 0 Å². The molecule has 0 aromatic carbocycles. The van der Waals surface area contributed by atoms with E-state index in [1.807, 2.05) is 14.0 Å². The highest BCUT2D eigenvalue weighted by atomic mass is 16.5. The largest absolute Gasteiger partial charge is 0.390 e. The van der Waals surface area contributed by atoms with Crippen LogP contribution in [0, 0.1) is 17.8 Å². The summed E-state index contributed by atoms with van der Waals surface area (Å²) in [6.45, 7) is 2.05. The van der Waals surface area contributed by atoms with Gasteiger partial charge in [0.05, 0.1) is 11.2 Å². The minimum atomic E-state index is -0.404. The Hall–Kier alpha value is -0.0800. The quantitative estimate of drug-likeness (QED) is 0.694. The third kappa shape index (κ3) is 0.989. The van der Waals surface area contributed by atoms with Gasteiger partial charge in [-0.3, -0.25) is 0 Å². The summed E-state index contributed by atoms with van der Waals surface area (Å²) in [6, 6.07) is 0. The van der Waals surface area contributed by atoms with Crippen molar-refractivity contribution >= 4 is 0 Å². The van der Waals surface area contributed by atoms with Crippen LogP contribution in [0.2, 0.25) is 0 Å². The zero-order valence-electron chi connectivity index (χ0n) is 9.12. The van der Waals surface area contributed by atoms with E-state index in [1.54, 1.807) is 0 Å². The van der Waals surface area contributed by atoms with E-state index in [9.17, 15) is 5.11 Å². The predicted molar refractivity (Wildman–Crippen MR) is 53.9 cm³/mol. The van der Waals surface area contributed by atoms with Crippen molar-refractivity contribution in [3.05, 3.63) is 0 Å². The van der Waals surface area contributed by atoms with E-state index < -0.39 is 5.60 Å². The van der Waals surface area contributed by atoms with Crippen LogP contribution in [0.1, 0.15) is 39.0 Å². The molecule has 0 heterocycles. The number of hydrogen-bond donors (Lipinski definition) is 1. The molecule has 80 valence electrons. The number of hydrogen-bond acceptors (Lipinski definition) is 2. The molecule has 0 aliphatic heterocycles. The van der Waals surface area contributed by atoms with Crippen LogP contribution in [0.3, 0.4) is 0 Å². The van der Waals surface area contributed by atoms with Gasteiger partial charge in [0.2, 0.25) is 0 Å². The second-order valence-electron chi connectivity index (χ2n) is 5.96. The molecule has 4 rings (SSSR count). The maximum atomic E-state index is 10.4. The minimum Gasteiger partial charge on any atom is -0.390 e. The summed E-state index contributed by atoms with van der Waals surface area (Å²) in [7, 11) is 1.85. The Balaban J connectivity index is 1.96. The molecule has 0 aromatic heterocycles. The highest BCUT2D eigenvalue weighted by molar-refractivity contribution is 5.11. The van der Waals surface area contributed by atoms with Crippen molar-refractivity contribution in [2.45, 2.75) is 50.2 Å². The standard InChI is InChI=1S/C12H20O2/c1-11(13)9-3-8-4-10(11)7-12(5-8,6-9)14-2/h8-10,13H,3-7H2,1-2H3/t8?,9-,10+,11?,12?. The van der Waals surface area contributed by atoms with E-state index in [1.165, 1.54) is 19.3 Å². The van der Waals surface area contributed by atoms with Gasteiger partial charge >= 0.3 is 0 Å². The molecule has 4 fully saturated rings. The van der Waals surface area contributed by atoms with Crippen LogP contribution >= 0.6 is 0 Å². The number of rotatable bonds is 1. The summed E-state index contributed by atoms with van der Waals surface area (Å²) in [5, 5.41) is 10.4. The zero-order valence-corrected chi connectivity index (χ0v) is 9.12. The van der Waals surface area contributed by atoms with Crippen LogP contribution in [0.4, 0.5) is 0 Å². The number of ether oxygens (including phenoxy) is 1. The van der Waals surface area contributed by atoms with E-state index in [-0.39, 0.29) is 5.60 Å². The molecule has 0 radical (unpaired) electrons. The molecule has 0 saturated heterocycles. The molecule has 4 aliphatic rings. The van der Waals surface area contributed by atoms with Gasteiger partial charge < -0.3 is 9.84 Å². The average Bonchev–Trinajstić information content (AvgIpc) is 2.14. The Morgan fingerprint density at radius 1 is 1.14 bits per heavy atom. The fourth-order valence-corrected chi connectivity index (χ4v) is 4.38. The molecule has 2 heteroatoms. The smallest absolute Gasteiger partial charge is 0.0688 e. The Morgan fingerprint density at radius 2 is 1.71 bits per heavy atom. The Kier molecular flexibility index (Phi) is 1.66. The predicted octanol–water partition coefficient (Wildman–Crippen LogP) is 1.96. The summed E-state index contributed by atoms with van der Waals surface area (Å²) in [4.78, 5) is 0. The molecule has 2 nitrogen and oxygen atoms in total. The van der Waals surface area contributed by atoms with Gasteiger partial charge in [0, 0.05) is 7.11 Å². The van der Waals surface area contributed by atoms with Gasteiger partial charge in [0.1, 0.15) is 0 Å². The van der Waals surface area contributed by atoms with Crippen LogP contribution in [-0.4, -0.2) is 23.4 Å². The first-order valence-corrected chi connectivity index (χ1v) is 5.83. The van der Waals surface area contributed by atoms with E-state index in [0.717, 1.165) is 18.8 Å². The monoisotopic (exact) mass is 196 g/mol. The Morgan fingerprint density at radius 3 is 2.21 bits per heavy atom. The second kappa shape index (κ2) is 2.53. The second-order valence-corrected chi connectivity index (χ2v) is 5.96. The molecule has 0 aromatic rings. The minimum absolute atomic E-state index is 0.138. The van der Waals surface area contributed by atoms with E-state index >= 15 is 0 Å². The van der Waals surface area contributed by atoms with E-state index in [4.69, 9.17) is 4.74 Å². The average molecular weight is 196 g/mol. The van der Waals surface area contributed by atoms with Gasteiger partial charge in [-0.1, -0.05) is 0 Å². The summed E-state index contributed by atoms with van der Waals surface area (Å²) < 4.78 is 5.73. The van der Waals surface area contributed by atoms with Crippen molar-refractivity contribution < 1.29 is 9.84 Å². The van der Waals surface area contributed by atoms with Crippen LogP contribution in [0.5, 0.6) is 0 Å². The van der Waals surface area contributed by atoms with Crippen molar-refractivity contribution in [3.8, 4) is 0 Å². The van der Waals surface area contributed by atoms with Gasteiger partial charge in [0.25, 0.3) is 0 Å². The molecule has 1 N–H and O–H groups in total. The zero-order chi connectivity index (χ0) is 9.97. The maximum absolute atomic E-state index is 10.4. The molecular weight excluding hydrogens is 176 g/mol. The lowest BCUT2D eigenvalue weighted by atomic mass is 9.48. The lowest BCUT2D eigenvalue weighted by molar-refractivity contribution is -0.227. The Bertz CT molecular complexity index is 241. The van der Waals surface area contributed by atoms with Crippen LogP contribution in [0.15, 0.2) is 0 Å². The number of methoxy groups -OCH3 is 1. The summed E-state index contributed by atoms with van der Waals surface area (Å²) >= 11 is 0. The first kappa shape index (κ1) is 9.17. The van der Waals surface area contributed by atoms with Gasteiger partial charge in [0.15, 0.2) is 0 Å². The molecule has 3 unspecified atom stereocenters. The molecule has 4 aliphatic carbocycles. The third-order valence-corrected chi connectivity index (χ3v) is 5.22. The van der Waals surface area contributed by atoms with Gasteiger partial charge in [-0.25, -0.2) is 0 Å². The van der Waals surface area contributed by atoms with Gasteiger partial charge in [-0.15, -0.1) is 0 Å². The first-order valence-electron chi connectivity index (χ1n) is 5.83. The third-order valence-electron chi connectivity index (χ3n) is 5.22. The fraction of sp³-hybridized carbons (Fsp3) is 1.00. The number of aliphatic hydroxyl groups is 1. The van der Waals surface area contributed by atoms with E-state index in [0.29, 0.717) is 11.8 Å². The van der Waals surface area contributed by atoms with Crippen LogP contribution in [-0.2, 0) is 4.74 Å². The van der Waals surface area contributed by atoms with Gasteiger partial charge in [-0.05, 0) is 56.8 Å². The Labute approximate surface area is 85.6 Å². The normalized spacial score (nSPS) is 60.6. The first-order chi connectivity index (χ1) is 6.56. The lowest BCUT2D eigenvalue weighted by Gasteiger charge is -2.62. The summed E-state index contributed by atoms with van der Waals surface area (Å²) in [6.07, 6.45) is 5.88. The molecule has 4 bridgehead atoms. The van der Waals surface area contributed by atoms with Crippen LogP contribution in [0.25, 0.3) is 0 Å². The highest BCUT2D eigenvalue weighted by Crippen LogP contribution is 2.60. The van der Waals surface area contributed by atoms with Crippen molar-refractivity contribution in [3.63, 3.8) is 0 Å². The van der Waals surface area contributed by atoms with Crippen molar-refractivity contribution in [1.82, 2.24) is 0 Å². The summed E-state index contributed by atoms with van der Waals surface area (Å²) in [5.41, 5.74) is -0.266. The van der Waals surface area contributed by atoms with Crippen molar-refractivity contribution in [2.24, 2.45) is 17.8 Å². The maximum Gasteiger partial charge on any atom is 0.0688 e.